The summed E-state index contributed by atoms with van der Waals surface area (Å²) in [6, 6.07) is 0.0575. The summed E-state index contributed by atoms with van der Waals surface area (Å²) >= 11 is 0. The summed E-state index contributed by atoms with van der Waals surface area (Å²) in [6.45, 7) is 3.42. The van der Waals surface area contributed by atoms with Crippen LogP contribution in [0, 0.1) is 5.92 Å². The molecule has 2 N–H and O–H groups in total. The maximum atomic E-state index is 11.0. The van der Waals surface area contributed by atoms with Crippen molar-refractivity contribution >= 4 is 5.97 Å². The molecule has 0 radical (unpaired) electrons. The van der Waals surface area contributed by atoms with E-state index in [-0.39, 0.29) is 12.0 Å². The fourth-order valence-electron chi connectivity index (χ4n) is 3.13. The van der Waals surface area contributed by atoms with E-state index in [2.05, 4.69) is 4.90 Å². The van der Waals surface area contributed by atoms with Crippen LogP contribution in [0.25, 0.3) is 0 Å². The van der Waals surface area contributed by atoms with Crippen molar-refractivity contribution in [1.29, 1.82) is 0 Å². The highest BCUT2D eigenvalue weighted by Crippen LogP contribution is 2.33. The van der Waals surface area contributed by atoms with Gasteiger partial charge in [-0.15, -0.1) is 0 Å². The Labute approximate surface area is 96.3 Å². The molecule has 0 aromatic rings. The summed E-state index contributed by atoms with van der Waals surface area (Å²) in [5.41, 5.74) is -0.554. The summed E-state index contributed by atoms with van der Waals surface area (Å²) in [5.74, 6) is -0.960. The zero-order chi connectivity index (χ0) is 11.8. The largest absolute Gasteiger partial charge is 0.481 e. The lowest BCUT2D eigenvalue weighted by molar-refractivity contribution is -0.142. The molecule has 2 unspecified atom stereocenters. The Morgan fingerprint density at radius 2 is 2.06 bits per heavy atom. The number of aliphatic hydroxyl groups is 1. The van der Waals surface area contributed by atoms with Crippen LogP contribution in [-0.2, 0) is 4.79 Å². The van der Waals surface area contributed by atoms with E-state index in [0.29, 0.717) is 13.0 Å². The third kappa shape index (κ3) is 2.23. The molecular weight excluding hydrogens is 206 g/mol. The van der Waals surface area contributed by atoms with E-state index in [1.807, 2.05) is 6.92 Å². The predicted octanol–water partition coefficient (Wildman–Crippen LogP) is 1.09. The Balaban J connectivity index is 1.94. The molecule has 0 bridgehead atoms. The van der Waals surface area contributed by atoms with Gasteiger partial charge in [0.1, 0.15) is 0 Å². The average molecular weight is 227 g/mol. The Hall–Kier alpha value is -0.610. The average Bonchev–Trinajstić information content (AvgIpc) is 2.76. The summed E-state index contributed by atoms with van der Waals surface area (Å²) in [7, 11) is 0. The number of carboxylic acids is 1. The lowest BCUT2D eigenvalue weighted by atomic mass is 9.99. The smallest absolute Gasteiger partial charge is 0.308 e. The highest BCUT2D eigenvalue weighted by atomic mass is 16.4. The lowest BCUT2D eigenvalue weighted by Crippen LogP contribution is -2.44. The molecule has 2 aliphatic rings. The van der Waals surface area contributed by atoms with E-state index in [4.69, 9.17) is 5.11 Å². The van der Waals surface area contributed by atoms with E-state index in [1.54, 1.807) is 0 Å². The van der Waals surface area contributed by atoms with Crippen molar-refractivity contribution in [2.24, 2.45) is 5.92 Å². The van der Waals surface area contributed by atoms with E-state index >= 15 is 0 Å². The van der Waals surface area contributed by atoms with Gasteiger partial charge in [-0.3, -0.25) is 9.69 Å². The van der Waals surface area contributed by atoms with E-state index in [0.717, 1.165) is 32.2 Å². The van der Waals surface area contributed by atoms with E-state index in [1.165, 1.54) is 0 Å². The van der Waals surface area contributed by atoms with Crippen molar-refractivity contribution in [2.75, 3.05) is 13.1 Å². The third-order valence-corrected chi connectivity index (χ3v) is 4.23. The Morgan fingerprint density at radius 3 is 2.56 bits per heavy atom. The molecule has 0 aromatic carbocycles. The SMILES string of the molecule is CC1C(C(=O)O)CCN1CC1(O)CCCC1. The second kappa shape index (κ2) is 4.34. The van der Waals surface area contributed by atoms with Crippen molar-refractivity contribution < 1.29 is 15.0 Å². The van der Waals surface area contributed by atoms with Gasteiger partial charge in [0.15, 0.2) is 0 Å². The minimum atomic E-state index is -0.701. The Kier molecular flexibility index (Phi) is 3.22. The highest BCUT2D eigenvalue weighted by Gasteiger charge is 2.40. The fraction of sp³-hybridized carbons (Fsp3) is 0.917. The maximum Gasteiger partial charge on any atom is 0.308 e. The van der Waals surface area contributed by atoms with Gasteiger partial charge < -0.3 is 10.2 Å². The minimum Gasteiger partial charge on any atom is -0.481 e. The molecule has 0 amide bonds. The maximum absolute atomic E-state index is 11.0. The molecule has 4 nitrogen and oxygen atoms in total. The van der Waals surface area contributed by atoms with Crippen LogP contribution in [0.1, 0.15) is 39.0 Å². The second-order valence-electron chi connectivity index (χ2n) is 5.38. The molecule has 1 aliphatic heterocycles. The number of β-amino-alcohol motifs (C(OH)–C–C–N with tert-alkyl or cyclic N) is 1. The molecule has 1 aliphatic carbocycles. The zero-order valence-electron chi connectivity index (χ0n) is 9.85. The van der Waals surface area contributed by atoms with Gasteiger partial charge in [0, 0.05) is 12.6 Å². The molecule has 2 atom stereocenters. The summed E-state index contributed by atoms with van der Waals surface area (Å²) in [5, 5.41) is 19.3. The quantitative estimate of drug-likeness (QED) is 0.757. The number of likely N-dealkylation sites (tertiary alicyclic amines) is 1. The molecule has 0 spiro atoms. The van der Waals surface area contributed by atoms with Crippen molar-refractivity contribution in [3.05, 3.63) is 0 Å². The van der Waals surface area contributed by atoms with Crippen LogP contribution < -0.4 is 0 Å². The normalized spacial score (nSPS) is 34.4. The number of rotatable bonds is 3. The van der Waals surface area contributed by atoms with E-state index in [9.17, 15) is 9.90 Å². The van der Waals surface area contributed by atoms with Crippen LogP contribution in [0.5, 0.6) is 0 Å². The second-order valence-corrected chi connectivity index (χ2v) is 5.38. The Bertz CT molecular complexity index is 273. The molecule has 2 rings (SSSR count). The molecule has 4 heteroatoms. The Morgan fingerprint density at radius 1 is 1.44 bits per heavy atom. The minimum absolute atomic E-state index is 0.0575. The standard InChI is InChI=1S/C12H21NO3/c1-9-10(11(14)15)4-7-13(9)8-12(16)5-2-3-6-12/h9-10,16H,2-8H2,1H3,(H,14,15). The third-order valence-electron chi connectivity index (χ3n) is 4.23. The van der Waals surface area contributed by atoms with Gasteiger partial charge >= 0.3 is 5.97 Å². The van der Waals surface area contributed by atoms with Crippen LogP contribution in [0.15, 0.2) is 0 Å². The molecule has 2 fully saturated rings. The van der Waals surface area contributed by atoms with Crippen LogP contribution in [0.2, 0.25) is 0 Å². The molecule has 1 saturated carbocycles. The molecule has 92 valence electrons. The van der Waals surface area contributed by atoms with Gasteiger partial charge in [-0.05, 0) is 32.7 Å². The van der Waals surface area contributed by atoms with Crippen LogP contribution in [0.4, 0.5) is 0 Å². The van der Waals surface area contributed by atoms with Gasteiger partial charge in [-0.2, -0.15) is 0 Å². The first-order valence-electron chi connectivity index (χ1n) is 6.21. The number of hydrogen-bond donors (Lipinski definition) is 2. The van der Waals surface area contributed by atoms with E-state index < -0.39 is 11.6 Å². The molecule has 16 heavy (non-hydrogen) atoms. The fourth-order valence-corrected chi connectivity index (χ4v) is 3.13. The van der Waals surface area contributed by atoms with Crippen LogP contribution in [-0.4, -0.2) is 45.8 Å². The van der Waals surface area contributed by atoms with Gasteiger partial charge in [0.2, 0.25) is 0 Å². The van der Waals surface area contributed by atoms with Crippen molar-refractivity contribution in [3.8, 4) is 0 Å². The summed E-state index contributed by atoms with van der Waals surface area (Å²) < 4.78 is 0. The molecule has 0 aromatic heterocycles. The first kappa shape index (κ1) is 11.9. The first-order chi connectivity index (χ1) is 7.52. The monoisotopic (exact) mass is 227 g/mol. The number of hydrogen-bond acceptors (Lipinski definition) is 3. The number of nitrogens with zero attached hydrogens (tertiary/aromatic N) is 1. The predicted molar refractivity (Wildman–Crippen MR) is 60.2 cm³/mol. The zero-order valence-corrected chi connectivity index (χ0v) is 9.85. The topological polar surface area (TPSA) is 60.8 Å². The molecule has 1 saturated heterocycles. The number of carboxylic acid groups (broad SMARTS) is 1. The van der Waals surface area contributed by atoms with Crippen LogP contribution in [0.3, 0.4) is 0 Å². The molecule has 1 heterocycles. The summed E-state index contributed by atoms with van der Waals surface area (Å²) in [6.07, 6.45) is 4.65. The van der Waals surface area contributed by atoms with Gasteiger partial charge in [-0.1, -0.05) is 12.8 Å². The number of aliphatic carboxylic acids is 1. The summed E-state index contributed by atoms with van der Waals surface area (Å²) in [4.78, 5) is 13.1. The van der Waals surface area contributed by atoms with Crippen molar-refractivity contribution in [2.45, 2.75) is 50.7 Å². The number of carbonyl (C=O) groups is 1. The van der Waals surface area contributed by atoms with Gasteiger partial charge in [-0.25, -0.2) is 0 Å². The van der Waals surface area contributed by atoms with Gasteiger partial charge in [0.05, 0.1) is 11.5 Å². The lowest BCUT2D eigenvalue weighted by Gasteiger charge is -2.31. The van der Waals surface area contributed by atoms with Crippen LogP contribution >= 0.6 is 0 Å². The highest BCUT2D eigenvalue weighted by molar-refractivity contribution is 5.71. The molecular formula is C12H21NO3. The first-order valence-corrected chi connectivity index (χ1v) is 6.21. The van der Waals surface area contributed by atoms with Crippen molar-refractivity contribution in [3.63, 3.8) is 0 Å². The van der Waals surface area contributed by atoms with Gasteiger partial charge in [0.25, 0.3) is 0 Å². The van der Waals surface area contributed by atoms with Crippen molar-refractivity contribution in [1.82, 2.24) is 4.90 Å².